The third-order valence-corrected chi connectivity index (χ3v) is 11.2. The molecule has 11 nitrogen and oxygen atoms in total. The second-order valence-electron chi connectivity index (χ2n) is 14.7. The van der Waals surface area contributed by atoms with E-state index in [9.17, 15) is 14.7 Å². The normalized spacial score (nSPS) is 30.8. The van der Waals surface area contributed by atoms with E-state index in [1.165, 1.54) is 22.8 Å². The van der Waals surface area contributed by atoms with Gasteiger partial charge in [-0.3, -0.25) is 4.79 Å². The lowest BCUT2D eigenvalue weighted by Crippen LogP contribution is -2.52. The molecule has 1 aromatic carbocycles. The highest BCUT2D eigenvalue weighted by atomic mass is 16.7. The zero-order valence-electron chi connectivity index (χ0n) is 27.7. The van der Waals surface area contributed by atoms with E-state index in [1.54, 1.807) is 13.0 Å². The Hall–Kier alpha value is -4.38. The molecule has 8 rings (SSSR count). The molecule has 1 unspecified atom stereocenters. The Kier molecular flexibility index (Phi) is 7.14. The van der Waals surface area contributed by atoms with Crippen LogP contribution in [0.15, 0.2) is 67.4 Å². The highest BCUT2D eigenvalue weighted by Crippen LogP contribution is 2.54. The maximum absolute atomic E-state index is 14.1. The number of benzene rings is 1. The van der Waals surface area contributed by atoms with Crippen LogP contribution >= 0.6 is 0 Å². The fourth-order valence-electron chi connectivity index (χ4n) is 8.87. The molecule has 3 fully saturated rings. The van der Waals surface area contributed by atoms with Gasteiger partial charge in [-0.05, 0) is 101 Å². The van der Waals surface area contributed by atoms with Crippen molar-refractivity contribution in [1.82, 2.24) is 10.6 Å². The van der Waals surface area contributed by atoms with Gasteiger partial charge in [0.15, 0.2) is 11.0 Å². The smallest absolute Gasteiger partial charge is 0.341 e. The van der Waals surface area contributed by atoms with Gasteiger partial charge in [-0.1, -0.05) is 12.5 Å². The minimum absolute atomic E-state index is 0.00984. The average molecular weight is 657 g/mol. The van der Waals surface area contributed by atoms with E-state index in [0.29, 0.717) is 48.7 Å². The fraction of sp³-hybridized carbons (Fsp3) is 0.514. The van der Waals surface area contributed by atoms with Gasteiger partial charge in [0.05, 0.1) is 23.8 Å². The summed E-state index contributed by atoms with van der Waals surface area (Å²) in [7, 11) is 0. The molecule has 254 valence electrons. The largest absolute Gasteiger partial charge is 0.507 e. The molecular weight excluding hydrogens is 612 g/mol. The summed E-state index contributed by atoms with van der Waals surface area (Å²) in [6, 6.07) is 3.04. The predicted octanol–water partition coefficient (Wildman–Crippen LogP) is 4.42. The van der Waals surface area contributed by atoms with Gasteiger partial charge < -0.3 is 45.8 Å². The van der Waals surface area contributed by atoms with Gasteiger partial charge in [0.25, 0.3) is 0 Å². The number of epoxide rings is 1. The molecule has 5 atom stereocenters. The second-order valence-corrected chi connectivity index (χ2v) is 14.7. The molecule has 0 amide bonds. The lowest BCUT2D eigenvalue weighted by atomic mass is 9.77. The Balaban J connectivity index is 1.05. The summed E-state index contributed by atoms with van der Waals surface area (Å²) in [5.41, 5.74) is 16.2. The van der Waals surface area contributed by atoms with Crippen molar-refractivity contribution < 1.29 is 28.5 Å². The molecule has 6 heterocycles. The summed E-state index contributed by atoms with van der Waals surface area (Å²) < 4.78 is 24.9. The van der Waals surface area contributed by atoms with Gasteiger partial charge >= 0.3 is 5.97 Å². The van der Waals surface area contributed by atoms with E-state index >= 15 is 0 Å². The molecule has 2 aromatic rings. The van der Waals surface area contributed by atoms with Crippen LogP contribution in [0.3, 0.4) is 0 Å². The molecule has 0 radical (unpaired) electrons. The van der Waals surface area contributed by atoms with Crippen molar-refractivity contribution in [2.75, 3.05) is 6.54 Å². The summed E-state index contributed by atoms with van der Waals surface area (Å²) in [6.45, 7) is 6.16. The number of carbonyl (C=O) groups is 1. The molecular formula is C37H44N4O7. The Labute approximate surface area is 279 Å². The number of fused-ring (bicyclic) bond motifs is 7. The average Bonchev–Trinajstić information content (AvgIpc) is 3.75. The van der Waals surface area contributed by atoms with E-state index in [4.69, 9.17) is 30.1 Å². The number of nitrogens with two attached hydrogens (primary N) is 2. The van der Waals surface area contributed by atoms with E-state index in [0.717, 1.165) is 49.9 Å². The maximum atomic E-state index is 14.1. The first-order valence-electron chi connectivity index (χ1n) is 17.2. The number of rotatable bonds is 3. The Bertz CT molecular complexity index is 1920. The molecule has 5 aliphatic heterocycles. The number of aryl methyl sites for hydroxylation is 1. The number of carbonyl (C=O) groups excluding carboxylic acids is 1. The van der Waals surface area contributed by atoms with Crippen molar-refractivity contribution in [2.45, 2.75) is 114 Å². The summed E-state index contributed by atoms with van der Waals surface area (Å²) >= 11 is 0. The van der Waals surface area contributed by atoms with Crippen molar-refractivity contribution in [3.63, 3.8) is 0 Å². The number of nitrogens with one attached hydrogen (secondary N) is 2. The Morgan fingerprint density at radius 3 is 2.77 bits per heavy atom. The molecule has 1 saturated carbocycles. The van der Waals surface area contributed by atoms with Crippen LogP contribution in [-0.2, 0) is 14.3 Å². The second kappa shape index (κ2) is 11.1. The van der Waals surface area contributed by atoms with Gasteiger partial charge in [-0.25, -0.2) is 4.79 Å². The molecule has 1 spiro atoms. The number of phenolic OH excluding ortho intramolecular Hbond substituents is 1. The summed E-state index contributed by atoms with van der Waals surface area (Å²) in [5, 5.41) is 18.3. The molecule has 7 N–H and O–H groups in total. The van der Waals surface area contributed by atoms with Crippen LogP contribution in [0.5, 0.6) is 11.5 Å². The van der Waals surface area contributed by atoms with Crippen molar-refractivity contribution >= 4 is 16.9 Å². The SMILES string of the molecule is Cc1cc(=O)c2c(O)c3c(cc2o1)OC(C)(C)[C@@H]1OC(=O)[C@@]2(CCCC[C@@H]31)O[C@@H]2CCC1=C2CCCC3=C(N)NCC=C3C2NC(N)=C1. The van der Waals surface area contributed by atoms with Crippen LogP contribution < -0.4 is 32.3 Å². The zero-order valence-corrected chi connectivity index (χ0v) is 27.7. The topological polar surface area (TPSA) is 175 Å². The minimum atomic E-state index is -1.02. The molecule has 1 aromatic heterocycles. The summed E-state index contributed by atoms with van der Waals surface area (Å²) in [6.07, 6.45) is 10.2. The van der Waals surface area contributed by atoms with Crippen LogP contribution in [0.2, 0.25) is 0 Å². The third kappa shape index (κ3) is 4.88. The van der Waals surface area contributed by atoms with Crippen molar-refractivity contribution in [1.29, 1.82) is 0 Å². The van der Waals surface area contributed by atoms with E-state index in [1.807, 2.05) is 19.9 Å². The van der Waals surface area contributed by atoms with E-state index < -0.39 is 23.3 Å². The minimum Gasteiger partial charge on any atom is -0.507 e. The van der Waals surface area contributed by atoms with Gasteiger partial charge in [-0.2, -0.15) is 0 Å². The molecule has 2 saturated heterocycles. The number of phenols is 1. The Morgan fingerprint density at radius 1 is 1.10 bits per heavy atom. The number of esters is 1. The molecule has 1 aliphatic carbocycles. The fourth-order valence-corrected chi connectivity index (χ4v) is 8.87. The van der Waals surface area contributed by atoms with Crippen LogP contribution in [0.4, 0.5) is 0 Å². The number of hydrogen-bond donors (Lipinski definition) is 5. The lowest BCUT2D eigenvalue weighted by molar-refractivity contribution is -0.170. The van der Waals surface area contributed by atoms with Crippen LogP contribution in [-0.4, -0.2) is 47.1 Å². The first-order valence-corrected chi connectivity index (χ1v) is 17.2. The summed E-state index contributed by atoms with van der Waals surface area (Å²) in [5.74, 6) is 1.33. The first-order chi connectivity index (χ1) is 23.0. The first kappa shape index (κ1) is 30.9. The van der Waals surface area contributed by atoms with Crippen molar-refractivity contribution in [3.8, 4) is 11.5 Å². The van der Waals surface area contributed by atoms with Crippen LogP contribution in [0.25, 0.3) is 11.0 Å². The van der Waals surface area contributed by atoms with Crippen molar-refractivity contribution in [2.24, 2.45) is 11.5 Å². The van der Waals surface area contributed by atoms with E-state index in [2.05, 4.69) is 16.7 Å². The number of allylic oxidation sites excluding steroid dienone is 2. The molecule has 48 heavy (non-hydrogen) atoms. The lowest BCUT2D eigenvalue weighted by Gasteiger charge is -2.44. The van der Waals surface area contributed by atoms with E-state index in [-0.39, 0.29) is 40.2 Å². The number of hydrogen-bond acceptors (Lipinski definition) is 11. The number of ether oxygens (including phenoxy) is 3. The van der Waals surface area contributed by atoms with Gasteiger partial charge in [0.1, 0.15) is 39.9 Å². The van der Waals surface area contributed by atoms with Gasteiger partial charge in [0.2, 0.25) is 0 Å². The summed E-state index contributed by atoms with van der Waals surface area (Å²) in [4.78, 5) is 27.0. The molecule has 0 bridgehead atoms. The van der Waals surface area contributed by atoms with Gasteiger partial charge in [0, 0.05) is 30.2 Å². The van der Waals surface area contributed by atoms with Gasteiger partial charge in [-0.15, -0.1) is 0 Å². The number of aromatic hydroxyl groups is 1. The molecule has 11 heteroatoms. The highest BCUT2D eigenvalue weighted by Gasteiger charge is 2.64. The third-order valence-electron chi connectivity index (χ3n) is 11.2. The highest BCUT2D eigenvalue weighted by molar-refractivity contribution is 5.88. The molecule has 6 aliphatic rings. The standard InChI is InChI=1S/C37H44N4O7/c1-18-15-24(42)30-25(45-18)17-26-29(32(30)43)23-7-4-5-13-37(35(44)46-33(23)36(2,3)47-26)27(48-37)11-10-19-16-28(38)41-31-20(19)8-6-9-22-21(31)12-14-40-34(22)39/h12,15-17,23,27,31,33,40-41,43H,4-11,13-14,38-39H2,1-3H3/t23-,27+,31?,33+,37-/m0/s1. The van der Waals surface area contributed by atoms with Crippen molar-refractivity contribution in [3.05, 3.63) is 79.8 Å². The zero-order chi connectivity index (χ0) is 33.5. The number of dihydropyridines is 2. The predicted molar refractivity (Wildman–Crippen MR) is 179 cm³/mol. The quantitative estimate of drug-likeness (QED) is 0.234. The maximum Gasteiger partial charge on any atom is 0.341 e. The van der Waals surface area contributed by atoms with Crippen LogP contribution in [0.1, 0.15) is 88.9 Å². The van der Waals surface area contributed by atoms with Crippen LogP contribution in [0, 0.1) is 6.92 Å². The Morgan fingerprint density at radius 2 is 1.94 bits per heavy atom. The monoisotopic (exact) mass is 656 g/mol.